The van der Waals surface area contributed by atoms with Crippen molar-refractivity contribution in [2.45, 2.75) is 20.0 Å². The van der Waals surface area contributed by atoms with Gasteiger partial charge in [-0.25, -0.2) is 4.63 Å². The molecule has 3 heterocycles. The van der Waals surface area contributed by atoms with Crippen LogP contribution in [0.25, 0.3) is 11.4 Å². The lowest BCUT2D eigenvalue weighted by molar-refractivity contribution is 0.253. The van der Waals surface area contributed by atoms with Crippen LogP contribution in [0.1, 0.15) is 17.1 Å². The van der Waals surface area contributed by atoms with Gasteiger partial charge in [-0.15, -0.1) is 0 Å². The summed E-state index contributed by atoms with van der Waals surface area (Å²) in [5.74, 6) is 0.771. The van der Waals surface area contributed by atoms with Gasteiger partial charge in [-0.1, -0.05) is 21.5 Å². The molecule has 0 aliphatic rings. The maximum absolute atomic E-state index is 5.35. The van der Waals surface area contributed by atoms with Crippen molar-refractivity contribution < 1.29 is 9.15 Å². The smallest absolute Gasteiger partial charge is 0.151 e. The molecule has 0 saturated carbocycles. The van der Waals surface area contributed by atoms with Crippen molar-refractivity contribution in [1.29, 1.82) is 0 Å². The number of aromatic nitrogens is 4. The first kappa shape index (κ1) is 13.4. The topological polar surface area (TPSA) is 81.1 Å². The second-order valence-electron chi connectivity index (χ2n) is 4.86. The second-order valence-corrected chi connectivity index (χ2v) is 4.86. The number of nitrogens with zero attached hydrogens (tertiary/aromatic N) is 5. The van der Waals surface area contributed by atoms with Gasteiger partial charge in [-0.05, 0) is 26.1 Å². The number of hydrogen-bond acceptors (Lipinski definition) is 7. The van der Waals surface area contributed by atoms with Crippen LogP contribution in [0.4, 0.5) is 0 Å². The zero-order chi connectivity index (χ0) is 14.7. The molecule has 3 aromatic heterocycles. The third-order valence-electron chi connectivity index (χ3n) is 3.08. The highest BCUT2D eigenvalue weighted by Crippen LogP contribution is 2.17. The molecule has 0 atom stereocenters. The molecule has 0 aliphatic carbocycles. The molecule has 0 spiro atoms. The molecule has 3 rings (SSSR count). The lowest BCUT2D eigenvalue weighted by Gasteiger charge is -2.12. The van der Waals surface area contributed by atoms with Crippen LogP contribution in [0.3, 0.4) is 0 Å². The highest BCUT2D eigenvalue weighted by Gasteiger charge is 2.12. The average molecular weight is 285 g/mol. The minimum atomic E-state index is 0.617. The van der Waals surface area contributed by atoms with Crippen molar-refractivity contribution >= 4 is 0 Å². The van der Waals surface area contributed by atoms with E-state index in [0.29, 0.717) is 13.1 Å². The van der Waals surface area contributed by atoms with Crippen LogP contribution >= 0.6 is 0 Å². The van der Waals surface area contributed by atoms with Crippen molar-refractivity contribution in [2.75, 3.05) is 7.05 Å². The van der Waals surface area contributed by atoms with Crippen LogP contribution in [0.2, 0.25) is 0 Å². The monoisotopic (exact) mass is 285 g/mol. The Bertz CT molecular complexity index is 707. The molecule has 0 N–H and O–H groups in total. The van der Waals surface area contributed by atoms with E-state index in [1.165, 1.54) is 0 Å². The third kappa shape index (κ3) is 3.14. The Morgan fingerprint density at radius 3 is 2.71 bits per heavy atom. The van der Waals surface area contributed by atoms with Crippen LogP contribution in [0.15, 0.2) is 39.6 Å². The lowest BCUT2D eigenvalue weighted by Crippen LogP contribution is -2.17. The molecule has 7 nitrogen and oxygen atoms in total. The van der Waals surface area contributed by atoms with Crippen molar-refractivity contribution in [3.63, 3.8) is 0 Å². The molecule has 0 bridgehead atoms. The largest absolute Gasteiger partial charge is 0.359 e. The quantitative estimate of drug-likeness (QED) is 0.709. The molecule has 7 heteroatoms. The number of aryl methyl sites for hydroxylation is 1. The number of pyridine rings is 1. The van der Waals surface area contributed by atoms with E-state index < -0.39 is 0 Å². The van der Waals surface area contributed by atoms with E-state index in [1.807, 2.05) is 38.2 Å². The molecule has 0 saturated heterocycles. The van der Waals surface area contributed by atoms with E-state index in [4.69, 9.17) is 4.52 Å². The van der Waals surface area contributed by atoms with Gasteiger partial charge in [0.05, 0.1) is 12.2 Å². The molecule has 0 aromatic carbocycles. The summed E-state index contributed by atoms with van der Waals surface area (Å²) < 4.78 is 10.0. The number of rotatable bonds is 5. The van der Waals surface area contributed by atoms with Gasteiger partial charge in [0.25, 0.3) is 0 Å². The molecule has 0 fully saturated rings. The molecule has 3 aromatic rings. The Labute approximate surface area is 121 Å². The van der Waals surface area contributed by atoms with Gasteiger partial charge >= 0.3 is 0 Å². The van der Waals surface area contributed by atoms with E-state index in [2.05, 4.69) is 30.0 Å². The Morgan fingerprint density at radius 1 is 1.10 bits per heavy atom. The summed E-state index contributed by atoms with van der Waals surface area (Å²) >= 11 is 0. The molecule has 0 amide bonds. The summed E-state index contributed by atoms with van der Waals surface area (Å²) in [5, 5.41) is 11.7. The second kappa shape index (κ2) is 5.84. The Balaban J connectivity index is 1.66. The fourth-order valence-electron chi connectivity index (χ4n) is 1.99. The van der Waals surface area contributed by atoms with Crippen molar-refractivity contribution in [3.8, 4) is 11.4 Å². The molecular weight excluding hydrogens is 270 g/mol. The fraction of sp³-hybridized carbons (Fsp3) is 0.286. The van der Waals surface area contributed by atoms with Gasteiger partial charge in [0.15, 0.2) is 5.76 Å². The summed E-state index contributed by atoms with van der Waals surface area (Å²) in [5.41, 5.74) is 3.15. The first-order valence-corrected chi connectivity index (χ1v) is 6.56. The lowest BCUT2D eigenvalue weighted by atomic mass is 10.2. The van der Waals surface area contributed by atoms with Gasteiger partial charge in [-0.2, -0.15) is 0 Å². The highest BCUT2D eigenvalue weighted by atomic mass is 16.6. The minimum Gasteiger partial charge on any atom is -0.359 e. The van der Waals surface area contributed by atoms with Crippen molar-refractivity contribution in [2.24, 2.45) is 0 Å². The fourth-order valence-corrected chi connectivity index (χ4v) is 1.99. The standard InChI is InChI=1S/C14H15N5O2/c1-10-14(18-21-16-10)9-19(2)8-11-7-13(17-20-11)12-5-3-4-6-15-12/h3-7H,8-9H2,1-2H3. The predicted molar refractivity (Wildman–Crippen MR) is 73.9 cm³/mol. The summed E-state index contributed by atoms with van der Waals surface area (Å²) in [6.07, 6.45) is 1.73. The predicted octanol–water partition coefficient (Wildman–Crippen LogP) is 2.06. The summed E-state index contributed by atoms with van der Waals surface area (Å²) in [4.78, 5) is 6.30. The van der Waals surface area contributed by atoms with Crippen molar-refractivity contribution in [3.05, 3.63) is 47.6 Å². The zero-order valence-corrected chi connectivity index (χ0v) is 11.9. The summed E-state index contributed by atoms with van der Waals surface area (Å²) in [6.45, 7) is 3.12. The summed E-state index contributed by atoms with van der Waals surface area (Å²) in [6, 6.07) is 7.58. The Kier molecular flexibility index (Phi) is 3.74. The van der Waals surface area contributed by atoms with Gasteiger partial charge in [0, 0.05) is 18.8 Å². The van der Waals surface area contributed by atoms with Gasteiger partial charge in [0.1, 0.15) is 17.1 Å². The molecular formula is C14H15N5O2. The first-order valence-electron chi connectivity index (χ1n) is 6.56. The van der Waals surface area contributed by atoms with Gasteiger partial charge in [0.2, 0.25) is 0 Å². The van der Waals surface area contributed by atoms with Crippen LogP contribution < -0.4 is 0 Å². The van der Waals surface area contributed by atoms with E-state index >= 15 is 0 Å². The van der Waals surface area contributed by atoms with Gasteiger partial charge in [-0.3, -0.25) is 9.88 Å². The van der Waals surface area contributed by atoms with Crippen LogP contribution in [-0.2, 0) is 13.1 Å². The molecule has 21 heavy (non-hydrogen) atoms. The third-order valence-corrected chi connectivity index (χ3v) is 3.08. The molecule has 0 radical (unpaired) electrons. The first-order chi connectivity index (χ1) is 10.2. The Hall–Kier alpha value is -2.54. The van der Waals surface area contributed by atoms with Crippen molar-refractivity contribution in [1.82, 2.24) is 25.4 Å². The van der Waals surface area contributed by atoms with Crippen LogP contribution in [-0.4, -0.2) is 32.4 Å². The maximum atomic E-state index is 5.35. The highest BCUT2D eigenvalue weighted by molar-refractivity contribution is 5.52. The average Bonchev–Trinajstić information content (AvgIpc) is 3.10. The van der Waals surface area contributed by atoms with E-state index in [-0.39, 0.29) is 0 Å². The number of hydrogen-bond donors (Lipinski definition) is 0. The molecule has 108 valence electrons. The van der Waals surface area contributed by atoms with Gasteiger partial charge < -0.3 is 4.52 Å². The van der Waals surface area contributed by atoms with Crippen LogP contribution in [0.5, 0.6) is 0 Å². The normalized spacial score (nSPS) is 11.2. The van der Waals surface area contributed by atoms with E-state index in [1.54, 1.807) is 6.20 Å². The molecule has 0 unspecified atom stereocenters. The maximum Gasteiger partial charge on any atom is 0.151 e. The van der Waals surface area contributed by atoms with Crippen LogP contribution in [0, 0.1) is 6.92 Å². The molecule has 0 aliphatic heterocycles. The SMILES string of the molecule is Cc1nonc1CN(C)Cc1cc(-c2ccccn2)no1. The Morgan fingerprint density at radius 2 is 2.00 bits per heavy atom. The zero-order valence-electron chi connectivity index (χ0n) is 11.9. The minimum absolute atomic E-state index is 0.617. The van der Waals surface area contributed by atoms with E-state index in [9.17, 15) is 0 Å². The van der Waals surface area contributed by atoms with E-state index in [0.717, 1.165) is 28.5 Å². The summed E-state index contributed by atoms with van der Waals surface area (Å²) in [7, 11) is 1.97.